The Hall–Kier alpha value is -2.24. The molecule has 3 rings (SSSR count). The van der Waals surface area contributed by atoms with Gasteiger partial charge in [0.15, 0.2) is 11.6 Å². The van der Waals surface area contributed by atoms with Gasteiger partial charge in [0.05, 0.1) is 12.1 Å². The second-order valence-corrected chi connectivity index (χ2v) is 5.05. The number of hydrogen-bond donors (Lipinski definition) is 1. The van der Waals surface area contributed by atoms with Gasteiger partial charge in [-0.25, -0.2) is 13.6 Å². The van der Waals surface area contributed by atoms with Crippen LogP contribution in [0.5, 0.6) is 0 Å². The number of aromatic amines is 1. The van der Waals surface area contributed by atoms with Crippen LogP contribution in [-0.4, -0.2) is 17.6 Å². The molecule has 1 fully saturated rings. The summed E-state index contributed by atoms with van der Waals surface area (Å²) >= 11 is 0. The number of fused-ring (bicyclic) bond motifs is 1. The minimum absolute atomic E-state index is 0.0543. The Balaban J connectivity index is 2.31. The molecule has 0 radical (unpaired) electrons. The van der Waals surface area contributed by atoms with Gasteiger partial charge in [0, 0.05) is 23.1 Å². The molecule has 1 N–H and O–H groups in total. The molecule has 0 saturated heterocycles. The molecule has 1 aromatic carbocycles. The van der Waals surface area contributed by atoms with Crippen LogP contribution < -0.4 is 5.43 Å². The molecule has 1 aliphatic carbocycles. The maximum Gasteiger partial charge on any atom is 0.343 e. The van der Waals surface area contributed by atoms with E-state index < -0.39 is 23.0 Å². The van der Waals surface area contributed by atoms with Crippen LogP contribution in [0, 0.1) is 11.6 Å². The Morgan fingerprint density at radius 1 is 1.33 bits per heavy atom. The summed E-state index contributed by atoms with van der Waals surface area (Å²) in [5.41, 5.74) is -0.0772. The second-order valence-electron chi connectivity index (χ2n) is 5.05. The van der Waals surface area contributed by atoms with Gasteiger partial charge in [-0.05, 0) is 25.8 Å². The van der Waals surface area contributed by atoms with Crippen molar-refractivity contribution in [3.05, 3.63) is 45.2 Å². The van der Waals surface area contributed by atoms with E-state index >= 15 is 0 Å². The SMILES string of the molecule is CCOC(=O)c1c(C2CC2)[nH]c2cc(F)c(F)cc2c1=O. The number of hydrogen-bond acceptors (Lipinski definition) is 3. The third kappa shape index (κ3) is 2.30. The first-order valence-electron chi connectivity index (χ1n) is 6.75. The normalized spacial score (nSPS) is 14.4. The van der Waals surface area contributed by atoms with Crippen LogP contribution in [0.15, 0.2) is 16.9 Å². The first-order chi connectivity index (χ1) is 10.0. The highest BCUT2D eigenvalue weighted by Crippen LogP contribution is 2.40. The average molecular weight is 293 g/mol. The molecule has 2 aromatic rings. The quantitative estimate of drug-likeness (QED) is 0.885. The fourth-order valence-electron chi connectivity index (χ4n) is 2.39. The summed E-state index contributed by atoms with van der Waals surface area (Å²) in [4.78, 5) is 27.4. The molecule has 6 heteroatoms. The summed E-state index contributed by atoms with van der Waals surface area (Å²) in [7, 11) is 0. The molecule has 1 saturated carbocycles. The summed E-state index contributed by atoms with van der Waals surface area (Å²) in [6.45, 7) is 1.77. The van der Waals surface area contributed by atoms with E-state index in [-0.39, 0.29) is 29.0 Å². The van der Waals surface area contributed by atoms with Gasteiger partial charge in [-0.3, -0.25) is 4.79 Å². The van der Waals surface area contributed by atoms with E-state index in [2.05, 4.69) is 4.98 Å². The largest absolute Gasteiger partial charge is 0.462 e. The number of ether oxygens (including phenoxy) is 1. The van der Waals surface area contributed by atoms with Gasteiger partial charge in [0.25, 0.3) is 0 Å². The summed E-state index contributed by atoms with van der Waals surface area (Å²) in [5, 5.41) is -0.0543. The standard InChI is InChI=1S/C15H13F2NO3/c1-2-21-15(20)12-13(7-3-4-7)18-11-6-10(17)9(16)5-8(11)14(12)19/h5-7H,2-4H2,1H3,(H,18,19). The van der Waals surface area contributed by atoms with Gasteiger partial charge < -0.3 is 9.72 Å². The number of pyridine rings is 1. The van der Waals surface area contributed by atoms with Crippen LogP contribution in [0.25, 0.3) is 10.9 Å². The van der Waals surface area contributed by atoms with Crippen molar-refractivity contribution in [3.8, 4) is 0 Å². The molecule has 0 bridgehead atoms. The molecule has 1 heterocycles. The van der Waals surface area contributed by atoms with E-state index in [1.54, 1.807) is 6.92 Å². The number of H-pyrrole nitrogens is 1. The van der Waals surface area contributed by atoms with Crippen LogP contribution in [0.1, 0.15) is 41.7 Å². The number of aromatic nitrogens is 1. The van der Waals surface area contributed by atoms with Gasteiger partial charge in [-0.15, -0.1) is 0 Å². The lowest BCUT2D eigenvalue weighted by molar-refractivity contribution is 0.0523. The van der Waals surface area contributed by atoms with Crippen molar-refractivity contribution in [1.29, 1.82) is 0 Å². The van der Waals surface area contributed by atoms with Gasteiger partial charge >= 0.3 is 5.97 Å². The van der Waals surface area contributed by atoms with E-state index in [4.69, 9.17) is 4.74 Å². The molecule has 4 nitrogen and oxygen atoms in total. The van der Waals surface area contributed by atoms with Crippen molar-refractivity contribution in [2.24, 2.45) is 0 Å². The monoisotopic (exact) mass is 293 g/mol. The summed E-state index contributed by atoms with van der Waals surface area (Å²) in [6.07, 6.45) is 1.69. The number of esters is 1. The van der Waals surface area contributed by atoms with Crippen LogP contribution >= 0.6 is 0 Å². The van der Waals surface area contributed by atoms with Gasteiger partial charge in [0.2, 0.25) is 5.43 Å². The third-order valence-corrected chi connectivity index (χ3v) is 3.54. The van der Waals surface area contributed by atoms with Crippen molar-refractivity contribution >= 4 is 16.9 Å². The minimum Gasteiger partial charge on any atom is -0.462 e. The Morgan fingerprint density at radius 2 is 2.00 bits per heavy atom. The minimum atomic E-state index is -1.12. The van der Waals surface area contributed by atoms with Crippen LogP contribution in [-0.2, 0) is 4.74 Å². The molecular formula is C15H13F2NO3. The fraction of sp³-hybridized carbons (Fsp3) is 0.333. The van der Waals surface area contributed by atoms with Crippen molar-refractivity contribution in [3.63, 3.8) is 0 Å². The van der Waals surface area contributed by atoms with E-state index in [1.165, 1.54) is 0 Å². The molecule has 110 valence electrons. The highest BCUT2D eigenvalue weighted by molar-refractivity contribution is 5.95. The molecule has 0 unspecified atom stereocenters. The number of nitrogens with one attached hydrogen (secondary N) is 1. The lowest BCUT2D eigenvalue weighted by atomic mass is 10.1. The van der Waals surface area contributed by atoms with Crippen molar-refractivity contribution in [2.45, 2.75) is 25.7 Å². The number of carbonyl (C=O) groups is 1. The maximum absolute atomic E-state index is 13.3. The van der Waals surface area contributed by atoms with Gasteiger partial charge in [0.1, 0.15) is 5.56 Å². The molecule has 1 aromatic heterocycles. The summed E-state index contributed by atoms with van der Waals surface area (Å²) < 4.78 is 31.6. The van der Waals surface area contributed by atoms with Crippen LogP contribution in [0.3, 0.4) is 0 Å². The molecule has 0 atom stereocenters. The van der Waals surface area contributed by atoms with Gasteiger partial charge in [-0.1, -0.05) is 0 Å². The summed E-state index contributed by atoms with van der Waals surface area (Å²) in [6, 6.07) is 1.75. The van der Waals surface area contributed by atoms with E-state index in [0.717, 1.165) is 25.0 Å². The Labute approximate surface area is 118 Å². The van der Waals surface area contributed by atoms with Crippen molar-refractivity contribution < 1.29 is 18.3 Å². The Kier molecular flexibility index (Phi) is 3.23. The zero-order valence-corrected chi connectivity index (χ0v) is 11.3. The first kappa shape index (κ1) is 13.7. The lowest BCUT2D eigenvalue weighted by Crippen LogP contribution is -2.22. The number of halogens is 2. The summed E-state index contributed by atoms with van der Waals surface area (Å²) in [5.74, 6) is -2.83. The fourth-order valence-corrected chi connectivity index (χ4v) is 2.39. The molecule has 21 heavy (non-hydrogen) atoms. The van der Waals surface area contributed by atoms with Crippen LogP contribution in [0.2, 0.25) is 0 Å². The second kappa shape index (κ2) is 4.95. The Bertz CT molecular complexity index is 794. The smallest absolute Gasteiger partial charge is 0.343 e. The molecule has 0 aliphatic heterocycles. The van der Waals surface area contributed by atoms with Crippen molar-refractivity contribution in [1.82, 2.24) is 4.98 Å². The molecular weight excluding hydrogens is 280 g/mol. The zero-order chi connectivity index (χ0) is 15.1. The van der Waals surface area contributed by atoms with E-state index in [1.807, 2.05) is 0 Å². The van der Waals surface area contributed by atoms with Gasteiger partial charge in [-0.2, -0.15) is 0 Å². The topological polar surface area (TPSA) is 59.2 Å². The number of rotatable bonds is 3. The lowest BCUT2D eigenvalue weighted by Gasteiger charge is -2.10. The molecule has 1 aliphatic rings. The predicted octanol–water partition coefficient (Wildman–Crippen LogP) is 2.86. The van der Waals surface area contributed by atoms with Crippen molar-refractivity contribution in [2.75, 3.05) is 6.61 Å². The molecule has 0 spiro atoms. The highest BCUT2D eigenvalue weighted by Gasteiger charge is 2.32. The number of benzene rings is 1. The van der Waals surface area contributed by atoms with E-state index in [9.17, 15) is 18.4 Å². The average Bonchev–Trinajstić information content (AvgIpc) is 3.25. The van der Waals surface area contributed by atoms with Crippen LogP contribution in [0.4, 0.5) is 8.78 Å². The predicted molar refractivity (Wildman–Crippen MR) is 72.4 cm³/mol. The molecule has 0 amide bonds. The number of carbonyl (C=O) groups excluding carboxylic acids is 1. The van der Waals surface area contributed by atoms with E-state index in [0.29, 0.717) is 5.69 Å². The Morgan fingerprint density at radius 3 is 2.62 bits per heavy atom. The highest BCUT2D eigenvalue weighted by atomic mass is 19.2. The maximum atomic E-state index is 13.3. The first-order valence-corrected chi connectivity index (χ1v) is 6.75. The third-order valence-electron chi connectivity index (χ3n) is 3.54. The zero-order valence-electron chi connectivity index (χ0n) is 11.3.